The van der Waals surface area contributed by atoms with Gasteiger partial charge < -0.3 is 10.6 Å². The number of hydrogen-bond acceptors (Lipinski definition) is 2. The van der Waals surface area contributed by atoms with Gasteiger partial charge in [0.2, 0.25) is 0 Å². The van der Waals surface area contributed by atoms with Crippen molar-refractivity contribution in [3.63, 3.8) is 0 Å². The summed E-state index contributed by atoms with van der Waals surface area (Å²) in [6.07, 6.45) is 0. The summed E-state index contributed by atoms with van der Waals surface area (Å²) in [6.45, 7) is 6.67. The van der Waals surface area contributed by atoms with Crippen LogP contribution in [0.1, 0.15) is 6.92 Å². The summed E-state index contributed by atoms with van der Waals surface area (Å²) < 4.78 is 1.22. The molecule has 0 saturated carbocycles. The van der Waals surface area contributed by atoms with E-state index in [1.54, 1.807) is 0 Å². The number of rotatable bonds is 0. The fourth-order valence-corrected chi connectivity index (χ4v) is 0.604. The van der Waals surface area contributed by atoms with E-state index in [0.29, 0.717) is 0 Å². The van der Waals surface area contributed by atoms with Gasteiger partial charge in [-0.25, -0.2) is 0 Å². The fourth-order valence-electron chi connectivity index (χ4n) is 0.604. The van der Waals surface area contributed by atoms with E-state index in [1.807, 2.05) is 0 Å². The van der Waals surface area contributed by atoms with Gasteiger partial charge in [0.05, 0.1) is 0 Å². The van der Waals surface area contributed by atoms with Crippen molar-refractivity contribution < 1.29 is 0 Å². The van der Waals surface area contributed by atoms with Gasteiger partial charge in [0.1, 0.15) is 0 Å². The molecule has 0 aromatic heterocycles. The molecule has 2 nitrogen and oxygen atoms in total. The number of alkyl halides is 1. The second-order valence-corrected chi connectivity index (χ2v) is 3.29. The summed E-state index contributed by atoms with van der Waals surface area (Å²) in [5, 5.41) is 6.44. The summed E-state index contributed by atoms with van der Waals surface area (Å²) in [7, 11) is 0. The van der Waals surface area contributed by atoms with Gasteiger partial charge in [0, 0.05) is 26.2 Å². The van der Waals surface area contributed by atoms with Crippen LogP contribution in [0.15, 0.2) is 0 Å². The lowest BCUT2D eigenvalue weighted by Crippen LogP contribution is -2.39. The molecular weight excluding hydrogens is 227 g/mol. The Morgan fingerprint density at radius 2 is 1.33 bits per heavy atom. The smallest absolute Gasteiger partial charge is 0.00772 e. The van der Waals surface area contributed by atoms with Gasteiger partial charge in [-0.1, -0.05) is 29.5 Å². The minimum absolute atomic E-state index is 1.14. The van der Waals surface area contributed by atoms with Crippen LogP contribution >= 0.6 is 22.6 Å². The second-order valence-electron chi connectivity index (χ2n) is 1.77. The Morgan fingerprint density at radius 1 is 1.11 bits per heavy atom. The first kappa shape index (κ1) is 9.65. The lowest BCUT2D eigenvalue weighted by molar-refractivity contribution is 0.534. The Morgan fingerprint density at radius 3 is 1.44 bits per heavy atom. The van der Waals surface area contributed by atoms with Crippen molar-refractivity contribution in [2.45, 2.75) is 6.92 Å². The molecule has 1 fully saturated rings. The van der Waals surface area contributed by atoms with E-state index < -0.39 is 0 Å². The lowest BCUT2D eigenvalue weighted by atomic mass is 10.4. The first-order valence-electron chi connectivity index (χ1n) is 3.39. The summed E-state index contributed by atoms with van der Waals surface area (Å²) in [5.74, 6) is 0. The van der Waals surface area contributed by atoms with E-state index in [2.05, 4.69) is 40.1 Å². The van der Waals surface area contributed by atoms with Gasteiger partial charge in [-0.3, -0.25) is 0 Å². The summed E-state index contributed by atoms with van der Waals surface area (Å²) in [4.78, 5) is 0. The summed E-state index contributed by atoms with van der Waals surface area (Å²) >= 11 is 2.29. The van der Waals surface area contributed by atoms with E-state index in [9.17, 15) is 0 Å². The van der Waals surface area contributed by atoms with Crippen molar-refractivity contribution in [2.75, 3.05) is 30.6 Å². The highest BCUT2D eigenvalue weighted by Crippen LogP contribution is 1.69. The van der Waals surface area contributed by atoms with Gasteiger partial charge >= 0.3 is 0 Å². The highest BCUT2D eigenvalue weighted by molar-refractivity contribution is 14.1. The van der Waals surface area contributed by atoms with Crippen molar-refractivity contribution in [2.24, 2.45) is 0 Å². The minimum atomic E-state index is 1.14. The predicted octanol–water partition coefficient (Wildman–Crippen LogP) is 0.620. The molecule has 1 aliphatic heterocycles. The van der Waals surface area contributed by atoms with Crippen LogP contribution in [0.5, 0.6) is 0 Å². The Balaban J connectivity index is 0.000000187. The van der Waals surface area contributed by atoms with Crippen molar-refractivity contribution in [1.82, 2.24) is 10.6 Å². The summed E-state index contributed by atoms with van der Waals surface area (Å²) in [6, 6.07) is 0. The molecule has 0 unspecified atom stereocenters. The normalized spacial score (nSPS) is 18.0. The Labute approximate surface area is 70.9 Å². The van der Waals surface area contributed by atoms with E-state index in [4.69, 9.17) is 0 Å². The predicted molar refractivity (Wildman–Crippen MR) is 50.3 cm³/mol. The SMILES string of the molecule is C1CNCCN1.CCI. The van der Waals surface area contributed by atoms with Crippen LogP contribution < -0.4 is 10.6 Å². The zero-order valence-electron chi connectivity index (χ0n) is 5.91. The summed E-state index contributed by atoms with van der Waals surface area (Å²) in [5.41, 5.74) is 0. The highest BCUT2D eigenvalue weighted by Gasteiger charge is 1.91. The zero-order chi connectivity index (χ0) is 6.95. The highest BCUT2D eigenvalue weighted by atomic mass is 127. The van der Waals surface area contributed by atoms with Crippen LogP contribution in [0, 0.1) is 0 Å². The third-order valence-corrected chi connectivity index (χ3v) is 0.957. The standard InChI is InChI=1S/C4H10N2.C2H5I/c1-2-6-4-3-5-1;1-2-3/h5-6H,1-4H2;2H2,1H3. The van der Waals surface area contributed by atoms with E-state index in [1.165, 1.54) is 4.43 Å². The van der Waals surface area contributed by atoms with Crippen molar-refractivity contribution in [3.05, 3.63) is 0 Å². The van der Waals surface area contributed by atoms with Crippen LogP contribution in [-0.2, 0) is 0 Å². The molecule has 56 valence electrons. The van der Waals surface area contributed by atoms with Crippen LogP contribution in [0.2, 0.25) is 0 Å². The number of hydrogen-bond donors (Lipinski definition) is 2. The molecule has 0 aromatic rings. The maximum atomic E-state index is 3.22. The van der Waals surface area contributed by atoms with E-state index in [0.717, 1.165) is 26.2 Å². The molecule has 9 heavy (non-hydrogen) atoms. The Hall–Kier alpha value is 0.650. The third kappa shape index (κ3) is 8.65. The van der Waals surface area contributed by atoms with Crippen LogP contribution in [0.4, 0.5) is 0 Å². The molecule has 1 aliphatic rings. The molecule has 0 spiro atoms. The first-order valence-corrected chi connectivity index (χ1v) is 4.91. The largest absolute Gasteiger partial charge is 0.314 e. The number of halogens is 1. The monoisotopic (exact) mass is 242 g/mol. The molecule has 0 amide bonds. The Bertz CT molecular complexity index is 34.8. The van der Waals surface area contributed by atoms with Crippen molar-refractivity contribution in [1.29, 1.82) is 0 Å². The molecule has 3 heteroatoms. The number of piperazine rings is 1. The topological polar surface area (TPSA) is 24.1 Å². The maximum absolute atomic E-state index is 3.22. The van der Waals surface area contributed by atoms with Gasteiger partial charge in [-0.2, -0.15) is 0 Å². The molecule has 0 atom stereocenters. The van der Waals surface area contributed by atoms with Gasteiger partial charge in [0.25, 0.3) is 0 Å². The molecule has 1 rings (SSSR count). The minimum Gasteiger partial charge on any atom is -0.314 e. The lowest BCUT2D eigenvalue weighted by Gasteiger charge is -2.11. The second kappa shape index (κ2) is 8.65. The van der Waals surface area contributed by atoms with Gasteiger partial charge in [0.15, 0.2) is 0 Å². The molecule has 1 saturated heterocycles. The molecule has 1 heterocycles. The third-order valence-electron chi connectivity index (χ3n) is 0.957. The Kier molecular flexibility index (Phi) is 9.27. The number of nitrogens with one attached hydrogen (secondary N) is 2. The van der Waals surface area contributed by atoms with Crippen LogP contribution in [-0.4, -0.2) is 30.6 Å². The van der Waals surface area contributed by atoms with E-state index in [-0.39, 0.29) is 0 Å². The first-order chi connectivity index (χ1) is 4.41. The molecule has 0 aliphatic carbocycles. The van der Waals surface area contributed by atoms with Crippen molar-refractivity contribution >= 4 is 22.6 Å². The maximum Gasteiger partial charge on any atom is 0.00772 e. The molecule has 0 aromatic carbocycles. The molecule has 2 N–H and O–H groups in total. The average Bonchev–Trinajstić information content (AvgIpc) is 1.93. The molecule has 0 radical (unpaired) electrons. The molecule has 0 bridgehead atoms. The van der Waals surface area contributed by atoms with Crippen molar-refractivity contribution in [3.8, 4) is 0 Å². The molecular formula is C6H15IN2. The van der Waals surface area contributed by atoms with Crippen LogP contribution in [0.25, 0.3) is 0 Å². The fraction of sp³-hybridized carbons (Fsp3) is 1.00. The van der Waals surface area contributed by atoms with Gasteiger partial charge in [-0.15, -0.1) is 0 Å². The zero-order valence-corrected chi connectivity index (χ0v) is 8.07. The quantitative estimate of drug-likeness (QED) is 0.480. The van der Waals surface area contributed by atoms with Gasteiger partial charge in [-0.05, 0) is 4.43 Å². The van der Waals surface area contributed by atoms with Crippen LogP contribution in [0.3, 0.4) is 0 Å². The average molecular weight is 242 g/mol. The van der Waals surface area contributed by atoms with E-state index >= 15 is 0 Å².